The Morgan fingerprint density at radius 2 is 2.00 bits per heavy atom. The summed E-state index contributed by atoms with van der Waals surface area (Å²) < 4.78 is 5.77. The average Bonchev–Trinajstić information content (AvgIpc) is 2.28. The lowest BCUT2D eigenvalue weighted by atomic mass is 10.1. The van der Waals surface area contributed by atoms with Crippen LogP contribution >= 0.6 is 0 Å². The van der Waals surface area contributed by atoms with Crippen LogP contribution < -0.4 is 5.73 Å². The second-order valence-electron chi connectivity index (χ2n) is 4.41. The van der Waals surface area contributed by atoms with E-state index in [0.717, 1.165) is 19.6 Å². The Labute approximate surface area is 94.0 Å². The van der Waals surface area contributed by atoms with E-state index in [2.05, 4.69) is 11.8 Å². The van der Waals surface area contributed by atoms with E-state index in [1.165, 1.54) is 45.3 Å². The zero-order valence-corrected chi connectivity index (χ0v) is 10.1. The molecule has 1 fully saturated rings. The number of piperidine rings is 1. The highest BCUT2D eigenvalue weighted by molar-refractivity contribution is 4.72. The molecule has 0 aliphatic carbocycles. The number of unbranched alkanes of at least 4 members (excludes halogenated alkanes) is 1. The smallest absolute Gasteiger partial charge is 0.0599 e. The third-order valence-corrected chi connectivity index (χ3v) is 3.06. The SMILES string of the molecule is CCCCN1CCC(OCCCN)CC1. The molecule has 0 spiro atoms. The molecule has 1 aliphatic heterocycles. The van der Waals surface area contributed by atoms with Gasteiger partial charge < -0.3 is 15.4 Å². The molecule has 0 saturated carbocycles. The lowest BCUT2D eigenvalue weighted by Crippen LogP contribution is -2.37. The molecule has 3 nitrogen and oxygen atoms in total. The second-order valence-corrected chi connectivity index (χ2v) is 4.41. The van der Waals surface area contributed by atoms with E-state index in [1.807, 2.05) is 0 Å². The summed E-state index contributed by atoms with van der Waals surface area (Å²) in [5.74, 6) is 0. The molecular weight excluding hydrogens is 188 g/mol. The van der Waals surface area contributed by atoms with E-state index >= 15 is 0 Å². The molecule has 0 aromatic carbocycles. The third-order valence-electron chi connectivity index (χ3n) is 3.06. The lowest BCUT2D eigenvalue weighted by Gasteiger charge is -2.31. The predicted molar refractivity (Wildman–Crippen MR) is 64.0 cm³/mol. The van der Waals surface area contributed by atoms with Crippen molar-refractivity contribution in [1.82, 2.24) is 4.90 Å². The zero-order chi connectivity index (χ0) is 10.9. The molecule has 0 aromatic heterocycles. The number of ether oxygens (including phenoxy) is 1. The first kappa shape index (κ1) is 12.9. The molecule has 3 heteroatoms. The van der Waals surface area contributed by atoms with Gasteiger partial charge in [0, 0.05) is 19.7 Å². The standard InChI is InChI=1S/C12H26N2O/c1-2-3-8-14-9-5-12(6-10-14)15-11-4-7-13/h12H,2-11,13H2,1H3. The van der Waals surface area contributed by atoms with Gasteiger partial charge in [0.2, 0.25) is 0 Å². The van der Waals surface area contributed by atoms with Crippen LogP contribution in [0.3, 0.4) is 0 Å². The minimum Gasteiger partial charge on any atom is -0.378 e. The van der Waals surface area contributed by atoms with Gasteiger partial charge in [-0.25, -0.2) is 0 Å². The molecule has 2 N–H and O–H groups in total. The lowest BCUT2D eigenvalue weighted by molar-refractivity contribution is 0.00709. The minimum atomic E-state index is 0.495. The number of hydrogen-bond acceptors (Lipinski definition) is 3. The zero-order valence-electron chi connectivity index (χ0n) is 10.1. The topological polar surface area (TPSA) is 38.5 Å². The van der Waals surface area contributed by atoms with E-state index in [9.17, 15) is 0 Å². The first-order valence-corrected chi connectivity index (χ1v) is 6.40. The van der Waals surface area contributed by atoms with Crippen molar-refractivity contribution in [3.63, 3.8) is 0 Å². The maximum absolute atomic E-state index is 5.77. The van der Waals surface area contributed by atoms with Gasteiger partial charge in [0.25, 0.3) is 0 Å². The minimum absolute atomic E-state index is 0.495. The molecule has 1 aliphatic rings. The number of nitrogens with zero attached hydrogens (tertiary/aromatic N) is 1. The van der Waals surface area contributed by atoms with Crippen LogP contribution in [-0.2, 0) is 4.74 Å². The summed E-state index contributed by atoms with van der Waals surface area (Å²) in [6.45, 7) is 7.54. The van der Waals surface area contributed by atoms with Crippen molar-refractivity contribution in [2.24, 2.45) is 5.73 Å². The fourth-order valence-electron chi connectivity index (χ4n) is 2.01. The van der Waals surface area contributed by atoms with E-state index in [4.69, 9.17) is 10.5 Å². The second kappa shape index (κ2) is 8.08. The monoisotopic (exact) mass is 214 g/mol. The van der Waals surface area contributed by atoms with Crippen molar-refractivity contribution in [3.8, 4) is 0 Å². The van der Waals surface area contributed by atoms with Crippen LogP contribution in [0.25, 0.3) is 0 Å². The number of hydrogen-bond donors (Lipinski definition) is 1. The van der Waals surface area contributed by atoms with Crippen molar-refractivity contribution < 1.29 is 4.74 Å². The van der Waals surface area contributed by atoms with Crippen LogP contribution in [0.5, 0.6) is 0 Å². The Hall–Kier alpha value is -0.120. The quantitative estimate of drug-likeness (QED) is 0.654. The van der Waals surface area contributed by atoms with Gasteiger partial charge in [-0.1, -0.05) is 13.3 Å². The number of likely N-dealkylation sites (tertiary alicyclic amines) is 1. The molecule has 1 heterocycles. The maximum atomic E-state index is 5.77. The third kappa shape index (κ3) is 5.50. The summed E-state index contributed by atoms with van der Waals surface area (Å²) in [4.78, 5) is 2.56. The molecule has 0 aromatic rings. The molecule has 0 bridgehead atoms. The van der Waals surface area contributed by atoms with E-state index in [0.29, 0.717) is 6.10 Å². The van der Waals surface area contributed by atoms with E-state index in [-0.39, 0.29) is 0 Å². The molecule has 90 valence electrons. The van der Waals surface area contributed by atoms with Crippen molar-refractivity contribution in [2.45, 2.75) is 45.1 Å². The van der Waals surface area contributed by atoms with Crippen LogP contribution in [0, 0.1) is 0 Å². The maximum Gasteiger partial charge on any atom is 0.0599 e. The fraction of sp³-hybridized carbons (Fsp3) is 1.00. The van der Waals surface area contributed by atoms with Crippen LogP contribution in [0.15, 0.2) is 0 Å². The number of nitrogens with two attached hydrogens (primary N) is 1. The van der Waals surface area contributed by atoms with Crippen molar-refractivity contribution in [3.05, 3.63) is 0 Å². The molecule has 15 heavy (non-hydrogen) atoms. The molecular formula is C12H26N2O. The molecule has 0 amide bonds. The highest BCUT2D eigenvalue weighted by atomic mass is 16.5. The van der Waals surface area contributed by atoms with Crippen molar-refractivity contribution in [2.75, 3.05) is 32.8 Å². The van der Waals surface area contributed by atoms with Gasteiger partial charge in [0.05, 0.1) is 6.10 Å². The van der Waals surface area contributed by atoms with Gasteiger partial charge in [-0.2, -0.15) is 0 Å². The Morgan fingerprint density at radius 1 is 1.27 bits per heavy atom. The Kier molecular flexibility index (Phi) is 6.98. The predicted octanol–water partition coefficient (Wildman–Crippen LogP) is 1.62. The Bertz CT molecular complexity index is 145. The van der Waals surface area contributed by atoms with E-state index in [1.54, 1.807) is 0 Å². The van der Waals surface area contributed by atoms with Crippen LogP contribution in [0.4, 0.5) is 0 Å². The van der Waals surface area contributed by atoms with Crippen molar-refractivity contribution in [1.29, 1.82) is 0 Å². The summed E-state index contributed by atoms with van der Waals surface area (Å²) >= 11 is 0. The summed E-state index contributed by atoms with van der Waals surface area (Å²) in [7, 11) is 0. The van der Waals surface area contributed by atoms with E-state index < -0.39 is 0 Å². The Morgan fingerprint density at radius 3 is 2.60 bits per heavy atom. The normalized spacial score (nSPS) is 19.6. The van der Waals surface area contributed by atoms with Gasteiger partial charge in [-0.3, -0.25) is 0 Å². The van der Waals surface area contributed by atoms with Gasteiger partial charge in [-0.05, 0) is 38.8 Å². The van der Waals surface area contributed by atoms with Crippen LogP contribution in [0.2, 0.25) is 0 Å². The molecule has 1 rings (SSSR count). The highest BCUT2D eigenvalue weighted by Gasteiger charge is 2.18. The largest absolute Gasteiger partial charge is 0.378 e. The van der Waals surface area contributed by atoms with Gasteiger partial charge in [-0.15, -0.1) is 0 Å². The van der Waals surface area contributed by atoms with Crippen molar-refractivity contribution >= 4 is 0 Å². The van der Waals surface area contributed by atoms with Gasteiger partial charge >= 0.3 is 0 Å². The van der Waals surface area contributed by atoms with Gasteiger partial charge in [0.15, 0.2) is 0 Å². The molecule has 0 unspecified atom stereocenters. The van der Waals surface area contributed by atoms with Gasteiger partial charge in [0.1, 0.15) is 0 Å². The first-order chi connectivity index (χ1) is 7.36. The van der Waals surface area contributed by atoms with Crippen LogP contribution in [-0.4, -0.2) is 43.8 Å². The summed E-state index contributed by atoms with van der Waals surface area (Å²) in [6, 6.07) is 0. The first-order valence-electron chi connectivity index (χ1n) is 6.40. The average molecular weight is 214 g/mol. The summed E-state index contributed by atoms with van der Waals surface area (Å²) in [5, 5.41) is 0. The highest BCUT2D eigenvalue weighted by Crippen LogP contribution is 2.14. The molecule has 0 atom stereocenters. The summed E-state index contributed by atoms with van der Waals surface area (Å²) in [5.41, 5.74) is 5.43. The fourth-order valence-corrected chi connectivity index (χ4v) is 2.01. The molecule has 0 radical (unpaired) electrons. The van der Waals surface area contributed by atoms with Crippen LogP contribution in [0.1, 0.15) is 39.0 Å². The molecule has 1 saturated heterocycles. The summed E-state index contributed by atoms with van der Waals surface area (Å²) in [6.07, 6.45) is 6.53. The number of rotatable bonds is 7. The Balaban J connectivity index is 2.02.